The maximum absolute atomic E-state index is 6.98. The molecule has 1 fully saturated rings. The number of halogens is 2. The molecule has 1 saturated carbocycles. The van der Waals surface area contributed by atoms with E-state index in [-0.39, 0.29) is 5.41 Å². The molecule has 124 valence electrons. The first-order valence-electron chi connectivity index (χ1n) is 8.77. The van der Waals surface area contributed by atoms with E-state index in [1.54, 1.807) is 0 Å². The molecule has 0 spiro atoms. The number of ether oxygens (including phenoxy) is 1. The first-order chi connectivity index (χ1) is 12.1. The van der Waals surface area contributed by atoms with Gasteiger partial charge in [-0.1, -0.05) is 77.8 Å². The summed E-state index contributed by atoms with van der Waals surface area (Å²) >= 11 is 14.0. The van der Waals surface area contributed by atoms with Gasteiger partial charge in [-0.15, -0.1) is 0 Å². The molecule has 1 heterocycles. The standard InChI is InChI=1S/C22H16Cl2O/c23-22(24)20-12-11-15-6-2-4-8-18(15)21(20,22)25-19-10-9-14-5-1-3-7-16(14)17(19)13-20/h1-10H,11-13H2. The molecule has 3 aromatic carbocycles. The minimum atomic E-state index is -0.896. The van der Waals surface area contributed by atoms with Crippen molar-refractivity contribution in [2.45, 2.75) is 29.2 Å². The van der Waals surface area contributed by atoms with E-state index in [1.165, 1.54) is 27.5 Å². The second-order valence-corrected chi connectivity index (χ2v) is 8.86. The Labute approximate surface area is 156 Å². The van der Waals surface area contributed by atoms with Gasteiger partial charge in [0.2, 0.25) is 0 Å². The summed E-state index contributed by atoms with van der Waals surface area (Å²) in [7, 11) is 0. The van der Waals surface area contributed by atoms with Gasteiger partial charge >= 0.3 is 0 Å². The maximum Gasteiger partial charge on any atom is 0.177 e. The highest BCUT2D eigenvalue weighted by atomic mass is 35.5. The zero-order valence-electron chi connectivity index (χ0n) is 13.6. The van der Waals surface area contributed by atoms with Gasteiger partial charge in [-0.3, -0.25) is 0 Å². The molecular formula is C22H16Cl2O. The Morgan fingerprint density at radius 2 is 1.68 bits per heavy atom. The first-order valence-corrected chi connectivity index (χ1v) is 9.52. The summed E-state index contributed by atoms with van der Waals surface area (Å²) in [6.07, 6.45) is 2.83. The van der Waals surface area contributed by atoms with E-state index in [4.69, 9.17) is 27.9 Å². The second-order valence-electron chi connectivity index (χ2n) is 7.54. The number of hydrogen-bond donors (Lipinski definition) is 0. The first kappa shape index (κ1) is 14.5. The molecule has 0 bridgehead atoms. The number of aryl methyl sites for hydroxylation is 1. The topological polar surface area (TPSA) is 9.23 Å². The summed E-state index contributed by atoms with van der Waals surface area (Å²) < 4.78 is 5.78. The maximum atomic E-state index is 6.98. The zero-order chi connectivity index (χ0) is 16.9. The summed E-state index contributed by atoms with van der Waals surface area (Å²) in [4.78, 5) is 0. The average Bonchev–Trinajstić information content (AvgIpc) is 3.10. The molecule has 2 atom stereocenters. The van der Waals surface area contributed by atoms with Crippen LogP contribution in [0.5, 0.6) is 5.75 Å². The van der Waals surface area contributed by atoms with Gasteiger partial charge in [-0.2, -0.15) is 0 Å². The zero-order valence-corrected chi connectivity index (χ0v) is 15.1. The van der Waals surface area contributed by atoms with Crippen LogP contribution in [0.2, 0.25) is 0 Å². The third kappa shape index (κ3) is 1.43. The van der Waals surface area contributed by atoms with Crippen molar-refractivity contribution in [1.29, 1.82) is 0 Å². The summed E-state index contributed by atoms with van der Waals surface area (Å²) in [5.41, 5.74) is 2.87. The lowest BCUT2D eigenvalue weighted by molar-refractivity contribution is 0.0918. The van der Waals surface area contributed by atoms with Crippen LogP contribution in [-0.4, -0.2) is 4.33 Å². The van der Waals surface area contributed by atoms with Crippen molar-refractivity contribution in [3.8, 4) is 5.75 Å². The Hall–Kier alpha value is -1.70. The van der Waals surface area contributed by atoms with Crippen molar-refractivity contribution in [2.75, 3.05) is 0 Å². The van der Waals surface area contributed by atoms with Gasteiger partial charge in [0.15, 0.2) is 9.93 Å². The van der Waals surface area contributed by atoms with Crippen LogP contribution < -0.4 is 4.74 Å². The van der Waals surface area contributed by atoms with E-state index >= 15 is 0 Å². The fourth-order valence-electron chi connectivity index (χ4n) is 5.36. The molecule has 3 heteroatoms. The molecule has 2 aliphatic carbocycles. The predicted octanol–water partition coefficient (Wildman–Crippen LogP) is 5.79. The van der Waals surface area contributed by atoms with Crippen LogP contribution in [0.25, 0.3) is 10.8 Å². The number of hydrogen-bond acceptors (Lipinski definition) is 1. The Bertz CT molecular complexity index is 1060. The molecule has 3 aliphatic rings. The normalized spacial score (nSPS) is 30.5. The minimum Gasteiger partial charge on any atom is -0.478 e. The van der Waals surface area contributed by atoms with Gasteiger partial charge in [0, 0.05) is 11.1 Å². The Morgan fingerprint density at radius 1 is 0.880 bits per heavy atom. The van der Waals surface area contributed by atoms with Crippen molar-refractivity contribution in [3.05, 3.63) is 77.4 Å². The van der Waals surface area contributed by atoms with E-state index in [0.717, 1.165) is 25.0 Å². The fourth-order valence-corrected chi connectivity index (χ4v) is 6.50. The smallest absolute Gasteiger partial charge is 0.177 e. The van der Waals surface area contributed by atoms with E-state index < -0.39 is 9.93 Å². The molecule has 0 N–H and O–H groups in total. The molecule has 0 radical (unpaired) electrons. The van der Waals surface area contributed by atoms with Gasteiger partial charge in [0.25, 0.3) is 0 Å². The van der Waals surface area contributed by atoms with Crippen LogP contribution in [0.4, 0.5) is 0 Å². The summed E-state index contributed by atoms with van der Waals surface area (Å²) in [5, 5.41) is 2.48. The molecule has 2 unspecified atom stereocenters. The van der Waals surface area contributed by atoms with Crippen LogP contribution in [-0.2, 0) is 18.4 Å². The molecule has 0 aromatic heterocycles. The summed E-state index contributed by atoms with van der Waals surface area (Å²) in [5.74, 6) is 0.925. The van der Waals surface area contributed by atoms with Gasteiger partial charge < -0.3 is 4.74 Å². The number of rotatable bonds is 0. The SMILES string of the molecule is ClC1(Cl)C23CCc4ccccc4C12Oc1ccc2ccccc2c1C3. The highest BCUT2D eigenvalue weighted by Crippen LogP contribution is 2.84. The van der Waals surface area contributed by atoms with E-state index in [0.29, 0.717) is 0 Å². The minimum absolute atomic E-state index is 0.241. The molecule has 0 amide bonds. The molecule has 0 saturated heterocycles. The monoisotopic (exact) mass is 366 g/mol. The van der Waals surface area contributed by atoms with Gasteiger partial charge in [0.05, 0.1) is 5.41 Å². The van der Waals surface area contributed by atoms with Crippen LogP contribution in [0.3, 0.4) is 0 Å². The highest BCUT2D eigenvalue weighted by Gasteiger charge is 2.91. The van der Waals surface area contributed by atoms with Crippen LogP contribution >= 0.6 is 23.2 Å². The quantitative estimate of drug-likeness (QED) is 0.457. The molecular weight excluding hydrogens is 351 g/mol. The van der Waals surface area contributed by atoms with Crippen molar-refractivity contribution < 1.29 is 4.74 Å². The van der Waals surface area contributed by atoms with Gasteiger partial charge in [0.1, 0.15) is 5.75 Å². The number of fused-ring (bicyclic) bond motifs is 4. The van der Waals surface area contributed by atoms with Crippen molar-refractivity contribution in [1.82, 2.24) is 0 Å². The third-order valence-electron chi connectivity index (χ3n) is 6.61. The van der Waals surface area contributed by atoms with Gasteiger partial charge in [-0.25, -0.2) is 0 Å². The van der Waals surface area contributed by atoms with Crippen molar-refractivity contribution >= 4 is 34.0 Å². The summed E-state index contributed by atoms with van der Waals surface area (Å²) in [6, 6.07) is 21.1. The summed E-state index contributed by atoms with van der Waals surface area (Å²) in [6.45, 7) is 0. The highest BCUT2D eigenvalue weighted by molar-refractivity contribution is 6.53. The third-order valence-corrected chi connectivity index (χ3v) is 7.87. The Morgan fingerprint density at radius 3 is 2.60 bits per heavy atom. The van der Waals surface area contributed by atoms with Crippen molar-refractivity contribution in [3.63, 3.8) is 0 Å². The lowest BCUT2D eigenvalue weighted by atomic mass is 9.76. The van der Waals surface area contributed by atoms with Crippen LogP contribution in [0.15, 0.2) is 60.7 Å². The molecule has 25 heavy (non-hydrogen) atoms. The predicted molar refractivity (Wildman–Crippen MR) is 102 cm³/mol. The van der Waals surface area contributed by atoms with E-state index in [2.05, 4.69) is 60.7 Å². The Balaban J connectivity index is 1.64. The lowest BCUT2D eigenvalue weighted by Gasteiger charge is -2.36. The Kier molecular flexibility index (Phi) is 2.51. The van der Waals surface area contributed by atoms with Crippen molar-refractivity contribution in [2.24, 2.45) is 5.41 Å². The number of alkyl halides is 2. The second kappa shape index (κ2) is 4.34. The van der Waals surface area contributed by atoms with Crippen LogP contribution in [0.1, 0.15) is 23.1 Å². The van der Waals surface area contributed by atoms with E-state index in [1.807, 2.05) is 0 Å². The van der Waals surface area contributed by atoms with Crippen LogP contribution in [0, 0.1) is 5.41 Å². The molecule has 3 aromatic rings. The fraction of sp³-hybridized carbons (Fsp3) is 0.273. The lowest BCUT2D eigenvalue weighted by Crippen LogP contribution is -2.35. The van der Waals surface area contributed by atoms with Gasteiger partial charge in [-0.05, 0) is 41.7 Å². The average molecular weight is 367 g/mol. The molecule has 1 aliphatic heterocycles. The number of benzene rings is 3. The molecule has 1 nitrogen and oxygen atoms in total. The molecule has 6 rings (SSSR count). The largest absolute Gasteiger partial charge is 0.478 e. The van der Waals surface area contributed by atoms with E-state index in [9.17, 15) is 0 Å².